The number of phenolic OH excluding ortho intramolecular Hbond substituents is 2. The van der Waals surface area contributed by atoms with Crippen LogP contribution in [0.25, 0.3) is 10.8 Å². The molecule has 0 radical (unpaired) electrons. The normalized spacial score (nSPS) is 15.2. The van der Waals surface area contributed by atoms with Gasteiger partial charge in [-0.1, -0.05) is 65.7 Å². The summed E-state index contributed by atoms with van der Waals surface area (Å²) in [5, 5.41) is 23.1. The van der Waals surface area contributed by atoms with Gasteiger partial charge in [-0.2, -0.15) is 0 Å². The molecule has 0 spiro atoms. The van der Waals surface area contributed by atoms with Crippen LogP contribution in [-0.4, -0.2) is 16.0 Å². The summed E-state index contributed by atoms with van der Waals surface area (Å²) in [5.41, 5.74) is 5.66. The van der Waals surface area contributed by atoms with Crippen molar-refractivity contribution in [3.05, 3.63) is 106 Å². The smallest absolute Gasteiger partial charge is 0.193 e. The molecular formula is C26H20O3. The fourth-order valence-corrected chi connectivity index (χ4v) is 4.48. The zero-order valence-corrected chi connectivity index (χ0v) is 16.2. The highest BCUT2D eigenvalue weighted by molar-refractivity contribution is 6.13. The second-order valence-corrected chi connectivity index (χ2v) is 7.82. The molecule has 0 fully saturated rings. The van der Waals surface area contributed by atoms with Crippen molar-refractivity contribution in [3.63, 3.8) is 0 Å². The molecule has 1 unspecified atom stereocenters. The molecular weight excluding hydrogens is 360 g/mol. The quantitative estimate of drug-likeness (QED) is 0.373. The van der Waals surface area contributed by atoms with Gasteiger partial charge < -0.3 is 10.2 Å². The largest absolute Gasteiger partial charge is 0.507 e. The van der Waals surface area contributed by atoms with Gasteiger partial charge in [-0.05, 0) is 37.1 Å². The van der Waals surface area contributed by atoms with Crippen molar-refractivity contribution in [2.24, 2.45) is 0 Å². The third-order valence-corrected chi connectivity index (χ3v) is 5.86. The minimum Gasteiger partial charge on any atom is -0.507 e. The summed E-state index contributed by atoms with van der Waals surface area (Å²) in [7, 11) is 0. The van der Waals surface area contributed by atoms with Crippen molar-refractivity contribution in [1.29, 1.82) is 0 Å². The Bertz CT molecular complexity index is 1320. The Labute approximate surface area is 168 Å². The van der Waals surface area contributed by atoms with Gasteiger partial charge in [0.1, 0.15) is 11.5 Å². The summed E-state index contributed by atoms with van der Waals surface area (Å²) < 4.78 is 0. The Hall–Kier alpha value is -3.59. The van der Waals surface area contributed by atoms with Gasteiger partial charge in [0.05, 0.1) is 0 Å². The molecule has 142 valence electrons. The molecule has 4 aromatic carbocycles. The number of benzene rings is 4. The van der Waals surface area contributed by atoms with E-state index in [0.29, 0.717) is 27.5 Å². The molecule has 1 aliphatic rings. The summed E-state index contributed by atoms with van der Waals surface area (Å²) in [6, 6.07) is 20.6. The van der Waals surface area contributed by atoms with Crippen LogP contribution in [0.2, 0.25) is 0 Å². The lowest BCUT2D eigenvalue weighted by atomic mass is 9.73. The Kier molecular flexibility index (Phi) is 3.75. The lowest BCUT2D eigenvalue weighted by Crippen LogP contribution is -2.21. The average molecular weight is 380 g/mol. The minimum absolute atomic E-state index is 0.000508. The molecule has 3 nitrogen and oxygen atoms in total. The van der Waals surface area contributed by atoms with Crippen molar-refractivity contribution < 1.29 is 15.0 Å². The molecule has 0 saturated carbocycles. The van der Waals surface area contributed by atoms with Crippen molar-refractivity contribution in [2.75, 3.05) is 0 Å². The maximum Gasteiger partial charge on any atom is 0.193 e. The predicted octanol–water partition coefficient (Wildman–Crippen LogP) is 5.59. The van der Waals surface area contributed by atoms with E-state index in [-0.39, 0.29) is 23.2 Å². The molecule has 29 heavy (non-hydrogen) atoms. The number of hydrogen-bond acceptors (Lipinski definition) is 3. The Morgan fingerprint density at radius 1 is 0.690 bits per heavy atom. The summed E-state index contributed by atoms with van der Waals surface area (Å²) in [6.45, 7) is 3.96. The van der Waals surface area contributed by atoms with Gasteiger partial charge in [0.2, 0.25) is 0 Å². The third kappa shape index (κ3) is 2.54. The maximum absolute atomic E-state index is 13.2. The van der Waals surface area contributed by atoms with Crippen molar-refractivity contribution in [1.82, 2.24) is 0 Å². The molecule has 0 bridgehead atoms. The van der Waals surface area contributed by atoms with Gasteiger partial charge in [0.15, 0.2) is 5.78 Å². The van der Waals surface area contributed by atoms with Gasteiger partial charge in [-0.15, -0.1) is 0 Å². The Morgan fingerprint density at radius 2 is 1.38 bits per heavy atom. The number of aromatic hydroxyl groups is 2. The molecule has 1 aliphatic carbocycles. The van der Waals surface area contributed by atoms with Crippen molar-refractivity contribution >= 4 is 16.6 Å². The van der Waals surface area contributed by atoms with E-state index in [4.69, 9.17) is 0 Å². The zero-order chi connectivity index (χ0) is 20.3. The van der Waals surface area contributed by atoms with Gasteiger partial charge in [0.25, 0.3) is 0 Å². The van der Waals surface area contributed by atoms with Gasteiger partial charge in [0, 0.05) is 33.4 Å². The Morgan fingerprint density at radius 3 is 2.17 bits per heavy atom. The monoisotopic (exact) mass is 380 g/mol. The summed E-state index contributed by atoms with van der Waals surface area (Å²) in [6.07, 6.45) is 0. The fourth-order valence-electron chi connectivity index (χ4n) is 4.48. The van der Waals surface area contributed by atoms with Crippen LogP contribution in [0.4, 0.5) is 0 Å². The highest BCUT2D eigenvalue weighted by atomic mass is 16.3. The molecule has 0 aromatic heterocycles. The van der Waals surface area contributed by atoms with Crippen LogP contribution >= 0.6 is 0 Å². The van der Waals surface area contributed by atoms with E-state index >= 15 is 0 Å². The molecule has 2 N–H and O–H groups in total. The van der Waals surface area contributed by atoms with Gasteiger partial charge in [-0.3, -0.25) is 4.79 Å². The van der Waals surface area contributed by atoms with Crippen molar-refractivity contribution in [2.45, 2.75) is 19.8 Å². The highest BCUT2D eigenvalue weighted by Crippen LogP contribution is 2.47. The topological polar surface area (TPSA) is 57.5 Å². The lowest BCUT2D eigenvalue weighted by molar-refractivity contribution is 0.103. The standard InChI is InChI=1S/C26H20O3/c1-14-8-10-19-20(11-14)24(17-9-7-15(2)12-21(17)25(19)28)22-13-23(27)16-5-3-4-6-18(16)26(22)29/h3-13,24,27,29H,1-2H3. The number of ketones is 1. The lowest BCUT2D eigenvalue weighted by Gasteiger charge is -2.29. The molecule has 0 heterocycles. The second kappa shape index (κ2) is 6.21. The maximum atomic E-state index is 13.2. The van der Waals surface area contributed by atoms with E-state index in [1.807, 2.05) is 62.4 Å². The SMILES string of the molecule is Cc1ccc2c(c1)C(=O)c1ccc(C)cc1C2c1cc(O)c2ccccc2c1O. The van der Waals surface area contributed by atoms with Crippen LogP contribution < -0.4 is 0 Å². The summed E-state index contributed by atoms with van der Waals surface area (Å²) >= 11 is 0. The molecule has 1 atom stereocenters. The number of rotatable bonds is 1. The molecule has 5 rings (SSSR count). The number of aryl methyl sites for hydroxylation is 2. The van der Waals surface area contributed by atoms with Crippen LogP contribution in [0.1, 0.15) is 49.7 Å². The minimum atomic E-state index is -0.339. The van der Waals surface area contributed by atoms with Gasteiger partial charge >= 0.3 is 0 Å². The number of phenols is 2. The number of carbonyl (C=O) groups is 1. The summed E-state index contributed by atoms with van der Waals surface area (Å²) in [5.74, 6) is -0.0851. The van der Waals surface area contributed by atoms with E-state index in [2.05, 4.69) is 0 Å². The first kappa shape index (κ1) is 17.5. The fraction of sp³-hybridized carbons (Fsp3) is 0.115. The number of hydrogen-bond donors (Lipinski definition) is 2. The van der Waals surface area contributed by atoms with Crippen molar-refractivity contribution in [3.8, 4) is 11.5 Å². The molecule has 4 aromatic rings. The number of carbonyl (C=O) groups excluding carboxylic acids is 1. The van der Waals surface area contributed by atoms with Crippen LogP contribution in [0, 0.1) is 13.8 Å². The first-order valence-corrected chi connectivity index (χ1v) is 9.65. The molecule has 0 saturated heterocycles. The van der Waals surface area contributed by atoms with Crippen LogP contribution in [0.15, 0.2) is 66.7 Å². The van der Waals surface area contributed by atoms with E-state index < -0.39 is 0 Å². The van der Waals surface area contributed by atoms with Crippen LogP contribution in [-0.2, 0) is 0 Å². The first-order chi connectivity index (χ1) is 14.0. The number of fused-ring (bicyclic) bond motifs is 3. The predicted molar refractivity (Wildman–Crippen MR) is 114 cm³/mol. The highest BCUT2D eigenvalue weighted by Gasteiger charge is 2.34. The molecule has 3 heteroatoms. The average Bonchev–Trinajstić information content (AvgIpc) is 2.72. The van der Waals surface area contributed by atoms with Gasteiger partial charge in [-0.25, -0.2) is 0 Å². The summed E-state index contributed by atoms with van der Waals surface area (Å²) in [4.78, 5) is 13.2. The van der Waals surface area contributed by atoms with E-state index in [1.54, 1.807) is 18.2 Å². The third-order valence-electron chi connectivity index (χ3n) is 5.86. The molecule has 0 aliphatic heterocycles. The van der Waals surface area contributed by atoms with E-state index in [9.17, 15) is 15.0 Å². The molecule has 0 amide bonds. The van der Waals surface area contributed by atoms with Crippen LogP contribution in [0.3, 0.4) is 0 Å². The van der Waals surface area contributed by atoms with E-state index in [1.165, 1.54) is 0 Å². The second-order valence-electron chi connectivity index (χ2n) is 7.82. The van der Waals surface area contributed by atoms with E-state index in [0.717, 1.165) is 22.3 Å². The van der Waals surface area contributed by atoms with Crippen LogP contribution in [0.5, 0.6) is 11.5 Å². The Balaban J connectivity index is 1.88. The zero-order valence-electron chi connectivity index (χ0n) is 16.2. The first-order valence-electron chi connectivity index (χ1n) is 9.65.